The Hall–Kier alpha value is -1.46. The molecule has 0 spiro atoms. The van der Waals surface area contributed by atoms with Crippen LogP contribution < -0.4 is 4.74 Å². The van der Waals surface area contributed by atoms with Crippen molar-refractivity contribution in [3.63, 3.8) is 0 Å². The summed E-state index contributed by atoms with van der Waals surface area (Å²) in [5.41, 5.74) is -0.397. The van der Waals surface area contributed by atoms with E-state index in [1.165, 1.54) is 51.4 Å². The summed E-state index contributed by atoms with van der Waals surface area (Å²) in [4.78, 5) is 16.4. The Morgan fingerprint density at radius 1 is 1.03 bits per heavy atom. The second kappa shape index (κ2) is 13.7. The molecule has 1 heterocycles. The smallest absolute Gasteiger partial charge is 0.357 e. The molecule has 2 rings (SSSR count). The lowest BCUT2D eigenvalue weighted by Crippen LogP contribution is -2.24. The van der Waals surface area contributed by atoms with Crippen molar-refractivity contribution in [2.24, 2.45) is 0 Å². The maximum atomic E-state index is 12.1. The summed E-state index contributed by atoms with van der Waals surface area (Å²) in [6, 6.07) is 7.07. The fourth-order valence-corrected chi connectivity index (χ4v) is 3.61. The second-order valence-corrected chi connectivity index (χ2v) is 8.14. The van der Waals surface area contributed by atoms with Gasteiger partial charge in [0.25, 0.3) is 0 Å². The van der Waals surface area contributed by atoms with Crippen molar-refractivity contribution >= 4 is 41.1 Å². The standard InChI is InChI=1S/C23H32ClNO3S/c1-2-3-4-5-6-7-8-9-10-11-17-27-22(26)23(29)28-20-15-14-19(24)18-13-12-16-25-21(18)20/h12-16,23,29H,2-11,17H2,1H3. The van der Waals surface area contributed by atoms with E-state index in [4.69, 9.17) is 21.1 Å². The lowest BCUT2D eigenvalue weighted by molar-refractivity contribution is -0.147. The molecule has 0 N–H and O–H groups in total. The minimum atomic E-state index is -0.996. The van der Waals surface area contributed by atoms with Crippen LogP contribution in [0, 0.1) is 0 Å². The highest BCUT2D eigenvalue weighted by molar-refractivity contribution is 7.81. The van der Waals surface area contributed by atoms with E-state index in [1.807, 2.05) is 6.07 Å². The van der Waals surface area contributed by atoms with Gasteiger partial charge in [-0.2, -0.15) is 0 Å². The Labute approximate surface area is 184 Å². The first-order valence-corrected chi connectivity index (χ1v) is 11.6. The minimum Gasteiger partial charge on any atom is -0.466 e. The number of fused-ring (bicyclic) bond motifs is 1. The zero-order valence-corrected chi connectivity index (χ0v) is 18.9. The molecule has 0 amide bonds. The molecular weight excluding hydrogens is 406 g/mol. The summed E-state index contributed by atoms with van der Waals surface area (Å²) >= 11 is 10.4. The largest absolute Gasteiger partial charge is 0.466 e. The summed E-state index contributed by atoms with van der Waals surface area (Å²) in [5, 5.41) is 1.35. The van der Waals surface area contributed by atoms with Crippen LogP contribution in [0.4, 0.5) is 0 Å². The maximum absolute atomic E-state index is 12.1. The van der Waals surface area contributed by atoms with Gasteiger partial charge in [0.2, 0.25) is 5.44 Å². The van der Waals surface area contributed by atoms with E-state index in [-0.39, 0.29) is 0 Å². The lowest BCUT2D eigenvalue weighted by Gasteiger charge is -2.14. The fraction of sp³-hybridized carbons (Fsp3) is 0.565. The average molecular weight is 438 g/mol. The number of carbonyl (C=O) groups is 1. The number of unbranched alkanes of at least 4 members (excludes halogenated alkanes) is 9. The number of thiol groups is 1. The highest BCUT2D eigenvalue weighted by Gasteiger charge is 2.19. The molecule has 160 valence electrons. The van der Waals surface area contributed by atoms with Gasteiger partial charge >= 0.3 is 5.97 Å². The van der Waals surface area contributed by atoms with E-state index in [0.29, 0.717) is 22.9 Å². The molecule has 1 aromatic carbocycles. The van der Waals surface area contributed by atoms with Gasteiger partial charge in [0.05, 0.1) is 11.6 Å². The van der Waals surface area contributed by atoms with Gasteiger partial charge in [0.1, 0.15) is 11.3 Å². The molecule has 0 saturated carbocycles. The van der Waals surface area contributed by atoms with Crippen LogP contribution in [0.2, 0.25) is 5.02 Å². The van der Waals surface area contributed by atoms with Crippen molar-refractivity contribution in [1.82, 2.24) is 4.98 Å². The third-order valence-electron chi connectivity index (χ3n) is 4.86. The number of pyridine rings is 1. The van der Waals surface area contributed by atoms with E-state index in [1.54, 1.807) is 24.4 Å². The van der Waals surface area contributed by atoms with Crippen LogP contribution in [0.3, 0.4) is 0 Å². The SMILES string of the molecule is CCCCCCCCCCCCOC(=O)C(S)Oc1ccc(Cl)c2cccnc12. The molecule has 0 saturated heterocycles. The minimum absolute atomic E-state index is 0.398. The molecule has 1 atom stereocenters. The second-order valence-electron chi connectivity index (χ2n) is 7.26. The van der Waals surface area contributed by atoms with Crippen LogP contribution >= 0.6 is 24.2 Å². The monoisotopic (exact) mass is 437 g/mol. The normalized spacial score (nSPS) is 12.1. The van der Waals surface area contributed by atoms with Crippen LogP contribution in [0.1, 0.15) is 71.1 Å². The van der Waals surface area contributed by atoms with Crippen molar-refractivity contribution in [2.45, 2.75) is 76.6 Å². The van der Waals surface area contributed by atoms with E-state index >= 15 is 0 Å². The maximum Gasteiger partial charge on any atom is 0.357 e. The predicted octanol–water partition coefficient (Wildman–Crippen LogP) is 6.99. The molecule has 0 bridgehead atoms. The van der Waals surface area contributed by atoms with E-state index in [9.17, 15) is 4.79 Å². The summed E-state index contributed by atoms with van der Waals surface area (Å²) < 4.78 is 11.0. The summed E-state index contributed by atoms with van der Waals surface area (Å²) in [7, 11) is 0. The van der Waals surface area contributed by atoms with E-state index < -0.39 is 11.4 Å². The fourth-order valence-electron chi connectivity index (χ4n) is 3.21. The number of esters is 1. The van der Waals surface area contributed by atoms with Gasteiger partial charge in [0, 0.05) is 11.6 Å². The Morgan fingerprint density at radius 3 is 2.38 bits per heavy atom. The van der Waals surface area contributed by atoms with Gasteiger partial charge < -0.3 is 9.47 Å². The molecule has 1 unspecified atom stereocenters. The molecule has 0 radical (unpaired) electrons. The van der Waals surface area contributed by atoms with Crippen LogP contribution in [0.15, 0.2) is 30.5 Å². The summed E-state index contributed by atoms with van der Waals surface area (Å²) in [6.45, 7) is 2.64. The van der Waals surface area contributed by atoms with Crippen molar-refractivity contribution in [1.29, 1.82) is 0 Å². The molecule has 6 heteroatoms. The van der Waals surface area contributed by atoms with Gasteiger partial charge in [-0.05, 0) is 30.7 Å². The zero-order chi connectivity index (χ0) is 20.9. The molecule has 2 aromatic rings. The van der Waals surface area contributed by atoms with Gasteiger partial charge in [0.15, 0.2) is 0 Å². The Morgan fingerprint density at radius 2 is 1.69 bits per heavy atom. The summed E-state index contributed by atoms with van der Waals surface area (Å²) in [6.07, 6.45) is 14.1. The first kappa shape index (κ1) is 23.8. The van der Waals surface area contributed by atoms with Crippen molar-refractivity contribution in [3.05, 3.63) is 35.5 Å². The number of hydrogen-bond acceptors (Lipinski definition) is 5. The highest BCUT2D eigenvalue weighted by Crippen LogP contribution is 2.30. The number of benzene rings is 1. The lowest BCUT2D eigenvalue weighted by atomic mass is 10.1. The van der Waals surface area contributed by atoms with Gasteiger partial charge in [-0.3, -0.25) is 4.98 Å². The van der Waals surface area contributed by atoms with Crippen LogP contribution in [0.25, 0.3) is 10.9 Å². The van der Waals surface area contributed by atoms with Crippen LogP contribution in [0.5, 0.6) is 5.75 Å². The number of rotatable bonds is 14. The highest BCUT2D eigenvalue weighted by atomic mass is 35.5. The molecule has 1 aromatic heterocycles. The quantitative estimate of drug-likeness (QED) is 0.150. The summed E-state index contributed by atoms with van der Waals surface area (Å²) in [5.74, 6) is -0.0239. The van der Waals surface area contributed by atoms with Crippen molar-refractivity contribution in [3.8, 4) is 5.75 Å². The number of ether oxygens (including phenoxy) is 2. The Balaban J connectivity index is 1.62. The average Bonchev–Trinajstić information content (AvgIpc) is 2.74. The van der Waals surface area contributed by atoms with Gasteiger partial charge in [-0.15, -0.1) is 12.6 Å². The Kier molecular flexibility index (Phi) is 11.3. The first-order chi connectivity index (χ1) is 14.1. The number of aromatic nitrogens is 1. The molecule has 0 fully saturated rings. The zero-order valence-electron chi connectivity index (χ0n) is 17.2. The molecular formula is C23H32ClNO3S. The number of nitrogens with zero attached hydrogens (tertiary/aromatic N) is 1. The molecule has 4 nitrogen and oxygen atoms in total. The first-order valence-electron chi connectivity index (χ1n) is 10.7. The number of halogens is 1. The third kappa shape index (κ3) is 8.43. The van der Waals surface area contributed by atoms with Crippen molar-refractivity contribution < 1.29 is 14.3 Å². The molecule has 0 aliphatic rings. The molecule has 29 heavy (non-hydrogen) atoms. The van der Waals surface area contributed by atoms with Gasteiger partial charge in [-0.25, -0.2) is 4.79 Å². The molecule has 0 aliphatic heterocycles. The number of carbonyl (C=O) groups excluding carboxylic acids is 1. The van der Waals surface area contributed by atoms with Gasteiger partial charge in [-0.1, -0.05) is 76.3 Å². The topological polar surface area (TPSA) is 48.4 Å². The van der Waals surface area contributed by atoms with Crippen LogP contribution in [-0.4, -0.2) is 23.0 Å². The third-order valence-corrected chi connectivity index (χ3v) is 5.51. The van der Waals surface area contributed by atoms with E-state index in [2.05, 4.69) is 24.5 Å². The predicted molar refractivity (Wildman–Crippen MR) is 123 cm³/mol. The van der Waals surface area contributed by atoms with E-state index in [0.717, 1.165) is 18.2 Å². The van der Waals surface area contributed by atoms with Crippen LogP contribution in [-0.2, 0) is 9.53 Å². The number of hydrogen-bond donors (Lipinski definition) is 1. The Bertz CT molecular complexity index is 756. The van der Waals surface area contributed by atoms with Crippen molar-refractivity contribution in [2.75, 3.05) is 6.61 Å². The molecule has 0 aliphatic carbocycles.